The zero-order valence-electron chi connectivity index (χ0n) is 15.6. The highest BCUT2D eigenvalue weighted by molar-refractivity contribution is 5.90. The first-order valence-corrected chi connectivity index (χ1v) is 9.95. The monoisotopic (exact) mass is 365 g/mol. The van der Waals surface area contributed by atoms with Gasteiger partial charge in [0.1, 0.15) is 18.0 Å². The van der Waals surface area contributed by atoms with E-state index in [-0.39, 0.29) is 5.91 Å². The minimum Gasteiger partial charge on any atom is -0.367 e. The van der Waals surface area contributed by atoms with E-state index in [1.54, 1.807) is 6.33 Å². The molecule has 6 heteroatoms. The van der Waals surface area contributed by atoms with E-state index in [0.717, 1.165) is 43.3 Å². The molecule has 0 spiro atoms. The van der Waals surface area contributed by atoms with E-state index < -0.39 is 0 Å². The highest BCUT2D eigenvalue weighted by Crippen LogP contribution is 2.28. The Morgan fingerprint density at radius 3 is 2.81 bits per heavy atom. The van der Waals surface area contributed by atoms with Crippen molar-refractivity contribution in [2.24, 2.45) is 5.92 Å². The summed E-state index contributed by atoms with van der Waals surface area (Å²) in [6, 6.07) is 12.3. The predicted molar refractivity (Wildman–Crippen MR) is 108 cm³/mol. The van der Waals surface area contributed by atoms with Gasteiger partial charge in [0.2, 0.25) is 5.91 Å². The molecule has 142 valence electrons. The molecule has 2 aliphatic rings. The van der Waals surface area contributed by atoms with Crippen LogP contribution in [0.25, 0.3) is 0 Å². The summed E-state index contributed by atoms with van der Waals surface area (Å²) in [5.74, 6) is 2.53. The Morgan fingerprint density at radius 1 is 1.15 bits per heavy atom. The van der Waals surface area contributed by atoms with Gasteiger partial charge >= 0.3 is 0 Å². The quantitative estimate of drug-likeness (QED) is 0.783. The molecule has 0 bridgehead atoms. The van der Waals surface area contributed by atoms with Gasteiger partial charge in [-0.15, -0.1) is 0 Å². The number of anilines is 3. The number of carbonyl (C=O) groups excluding carboxylic acids is 1. The van der Waals surface area contributed by atoms with Crippen molar-refractivity contribution in [3.63, 3.8) is 0 Å². The van der Waals surface area contributed by atoms with E-state index in [0.29, 0.717) is 18.4 Å². The first-order chi connectivity index (χ1) is 13.3. The lowest BCUT2D eigenvalue weighted by molar-refractivity contribution is -0.116. The van der Waals surface area contributed by atoms with Crippen molar-refractivity contribution >= 4 is 23.2 Å². The number of amides is 1. The number of nitrogens with one attached hydrogen (secondary N) is 2. The number of hydrogen-bond acceptors (Lipinski definition) is 5. The van der Waals surface area contributed by atoms with E-state index in [2.05, 4.69) is 31.6 Å². The zero-order chi connectivity index (χ0) is 18.5. The molecule has 1 saturated heterocycles. The van der Waals surface area contributed by atoms with Crippen molar-refractivity contribution in [3.8, 4) is 0 Å². The zero-order valence-corrected chi connectivity index (χ0v) is 15.6. The number of carbonyl (C=O) groups is 1. The van der Waals surface area contributed by atoms with Gasteiger partial charge in [0.05, 0.1) is 0 Å². The molecule has 4 rings (SSSR count). The molecule has 1 atom stereocenters. The van der Waals surface area contributed by atoms with E-state index >= 15 is 0 Å². The third-order valence-corrected chi connectivity index (χ3v) is 5.26. The van der Waals surface area contributed by atoms with Crippen LogP contribution in [-0.4, -0.2) is 35.0 Å². The van der Waals surface area contributed by atoms with Crippen molar-refractivity contribution < 1.29 is 4.79 Å². The van der Waals surface area contributed by atoms with Crippen molar-refractivity contribution in [1.29, 1.82) is 0 Å². The molecule has 2 aromatic rings. The SMILES string of the molecule is O=C(CCC1CCCN(c2cc(NC3CC3)ncn2)C1)Nc1ccccc1. The maximum atomic E-state index is 12.2. The molecule has 1 aliphatic carbocycles. The van der Waals surface area contributed by atoms with E-state index in [1.165, 1.54) is 19.3 Å². The fourth-order valence-electron chi connectivity index (χ4n) is 3.62. The van der Waals surface area contributed by atoms with Gasteiger partial charge < -0.3 is 15.5 Å². The molecule has 27 heavy (non-hydrogen) atoms. The fourth-order valence-corrected chi connectivity index (χ4v) is 3.62. The molecule has 2 N–H and O–H groups in total. The van der Waals surface area contributed by atoms with Crippen molar-refractivity contribution in [3.05, 3.63) is 42.7 Å². The van der Waals surface area contributed by atoms with Crippen molar-refractivity contribution in [2.45, 2.75) is 44.6 Å². The Bertz CT molecular complexity index is 762. The van der Waals surface area contributed by atoms with Gasteiger partial charge in [-0.2, -0.15) is 0 Å². The number of para-hydroxylation sites is 1. The molecular formula is C21H27N5O. The summed E-state index contributed by atoms with van der Waals surface area (Å²) in [6.07, 6.45) is 7.90. The van der Waals surface area contributed by atoms with Crippen LogP contribution in [0.1, 0.15) is 38.5 Å². The van der Waals surface area contributed by atoms with Crippen molar-refractivity contribution in [1.82, 2.24) is 9.97 Å². The molecule has 0 radical (unpaired) electrons. The van der Waals surface area contributed by atoms with Crippen LogP contribution in [-0.2, 0) is 4.79 Å². The maximum Gasteiger partial charge on any atom is 0.224 e. The number of benzene rings is 1. The minimum absolute atomic E-state index is 0.0938. The number of rotatable bonds is 7. The van der Waals surface area contributed by atoms with E-state index in [1.807, 2.05) is 30.3 Å². The second-order valence-corrected chi connectivity index (χ2v) is 7.59. The molecule has 2 fully saturated rings. The Hall–Kier alpha value is -2.63. The first-order valence-electron chi connectivity index (χ1n) is 9.95. The normalized spacial score (nSPS) is 19.6. The number of aromatic nitrogens is 2. The maximum absolute atomic E-state index is 12.2. The van der Waals surface area contributed by atoms with Gasteiger partial charge in [0.15, 0.2) is 0 Å². The highest BCUT2D eigenvalue weighted by atomic mass is 16.1. The molecule has 1 aliphatic heterocycles. The third kappa shape index (κ3) is 5.18. The van der Waals surface area contributed by atoms with Crippen LogP contribution in [0.4, 0.5) is 17.3 Å². The van der Waals surface area contributed by atoms with Crippen molar-refractivity contribution in [2.75, 3.05) is 28.6 Å². The first kappa shape index (κ1) is 17.8. The summed E-state index contributed by atoms with van der Waals surface area (Å²) >= 11 is 0. The molecule has 6 nitrogen and oxygen atoms in total. The molecular weight excluding hydrogens is 338 g/mol. The topological polar surface area (TPSA) is 70.2 Å². The molecule has 1 saturated carbocycles. The lowest BCUT2D eigenvalue weighted by Gasteiger charge is -2.33. The largest absolute Gasteiger partial charge is 0.367 e. The van der Waals surface area contributed by atoms with Gasteiger partial charge in [-0.25, -0.2) is 9.97 Å². The molecule has 1 aromatic carbocycles. The van der Waals surface area contributed by atoms with Gasteiger partial charge in [-0.3, -0.25) is 4.79 Å². The smallest absolute Gasteiger partial charge is 0.224 e. The minimum atomic E-state index is 0.0938. The van der Waals surface area contributed by atoms with Crippen LogP contribution >= 0.6 is 0 Å². The molecule has 1 unspecified atom stereocenters. The summed E-state index contributed by atoms with van der Waals surface area (Å²) in [4.78, 5) is 23.3. The van der Waals surface area contributed by atoms with Gasteiger partial charge in [-0.1, -0.05) is 18.2 Å². The van der Waals surface area contributed by atoms with Crippen LogP contribution in [0.15, 0.2) is 42.7 Å². The summed E-state index contributed by atoms with van der Waals surface area (Å²) in [5.41, 5.74) is 0.865. The molecule has 2 heterocycles. The van der Waals surface area contributed by atoms with Gasteiger partial charge in [-0.05, 0) is 50.2 Å². The summed E-state index contributed by atoms with van der Waals surface area (Å²) < 4.78 is 0. The van der Waals surface area contributed by atoms with Crippen LogP contribution in [0.5, 0.6) is 0 Å². The Balaban J connectivity index is 1.28. The Morgan fingerprint density at radius 2 is 2.00 bits per heavy atom. The third-order valence-electron chi connectivity index (χ3n) is 5.26. The van der Waals surface area contributed by atoms with E-state index in [4.69, 9.17) is 0 Å². The number of piperidine rings is 1. The average Bonchev–Trinajstić information content (AvgIpc) is 3.52. The number of nitrogens with zero attached hydrogens (tertiary/aromatic N) is 3. The van der Waals surface area contributed by atoms with Gasteiger partial charge in [0.25, 0.3) is 0 Å². The average molecular weight is 365 g/mol. The summed E-state index contributed by atoms with van der Waals surface area (Å²) in [6.45, 7) is 1.98. The molecule has 1 amide bonds. The fraction of sp³-hybridized carbons (Fsp3) is 0.476. The summed E-state index contributed by atoms with van der Waals surface area (Å²) in [5, 5.41) is 6.41. The second kappa shape index (κ2) is 8.37. The van der Waals surface area contributed by atoms with Crippen LogP contribution in [0.3, 0.4) is 0 Å². The summed E-state index contributed by atoms with van der Waals surface area (Å²) in [7, 11) is 0. The second-order valence-electron chi connectivity index (χ2n) is 7.59. The standard InChI is InChI=1S/C21H27N5O/c27-21(25-17-6-2-1-3-7-17)11-8-16-5-4-12-26(14-16)20-13-19(22-15-23-20)24-18-9-10-18/h1-3,6-7,13,15-16,18H,4-5,8-12,14H2,(H,25,27)(H,22,23,24). The van der Waals surface area contributed by atoms with E-state index in [9.17, 15) is 4.79 Å². The molecule has 1 aromatic heterocycles. The lowest BCUT2D eigenvalue weighted by Crippen LogP contribution is -2.36. The number of hydrogen-bond donors (Lipinski definition) is 2. The highest BCUT2D eigenvalue weighted by Gasteiger charge is 2.24. The Labute approximate surface area is 160 Å². The van der Waals surface area contributed by atoms with Crippen LogP contribution in [0.2, 0.25) is 0 Å². The van der Waals surface area contributed by atoms with Crippen LogP contribution in [0, 0.1) is 5.92 Å². The predicted octanol–water partition coefficient (Wildman–Crippen LogP) is 3.69. The van der Waals surface area contributed by atoms with Gasteiger partial charge in [0, 0.05) is 37.3 Å². The Kier molecular flexibility index (Phi) is 5.51. The lowest BCUT2D eigenvalue weighted by atomic mass is 9.93. The van der Waals surface area contributed by atoms with Crippen LogP contribution < -0.4 is 15.5 Å².